The summed E-state index contributed by atoms with van der Waals surface area (Å²) in [6.45, 7) is 8.83. The zero-order valence-electron chi connectivity index (χ0n) is 17.4. The van der Waals surface area contributed by atoms with Gasteiger partial charge >= 0.3 is 0 Å². The van der Waals surface area contributed by atoms with Crippen LogP contribution in [0.4, 0.5) is 11.4 Å². The molecule has 152 valence electrons. The Bertz CT molecular complexity index is 879. The number of hydrogen-bond donors (Lipinski definition) is 1. The van der Waals surface area contributed by atoms with Gasteiger partial charge in [-0.1, -0.05) is 50.2 Å². The zero-order valence-corrected chi connectivity index (χ0v) is 17.4. The predicted octanol–water partition coefficient (Wildman–Crippen LogP) is 4.13. The maximum absolute atomic E-state index is 12.5. The first kappa shape index (κ1) is 20.6. The molecule has 1 heterocycles. The zero-order chi connectivity index (χ0) is 20.8. The van der Waals surface area contributed by atoms with Gasteiger partial charge in [0.25, 0.3) is 0 Å². The molecule has 1 fully saturated rings. The highest BCUT2D eigenvalue weighted by Gasteiger charge is 2.20. The molecule has 5 nitrogen and oxygen atoms in total. The van der Waals surface area contributed by atoms with E-state index < -0.39 is 0 Å². The van der Waals surface area contributed by atoms with Crippen molar-refractivity contribution < 1.29 is 9.59 Å². The molecule has 0 saturated carbocycles. The van der Waals surface area contributed by atoms with Crippen LogP contribution in [0.3, 0.4) is 0 Å². The van der Waals surface area contributed by atoms with Gasteiger partial charge in [0.15, 0.2) is 0 Å². The summed E-state index contributed by atoms with van der Waals surface area (Å²) in [4.78, 5) is 28.1. The van der Waals surface area contributed by atoms with Crippen LogP contribution in [0.15, 0.2) is 54.6 Å². The Morgan fingerprint density at radius 2 is 1.62 bits per heavy atom. The van der Waals surface area contributed by atoms with Crippen molar-refractivity contribution in [1.82, 2.24) is 4.90 Å². The minimum absolute atomic E-state index is 0.109. The number of carbonyl (C=O) groups excluding carboxylic acids is 2. The fourth-order valence-electron chi connectivity index (χ4n) is 3.46. The highest BCUT2D eigenvalue weighted by atomic mass is 16.2. The third-order valence-electron chi connectivity index (χ3n) is 5.26. The van der Waals surface area contributed by atoms with Crippen molar-refractivity contribution in [3.8, 4) is 0 Å². The van der Waals surface area contributed by atoms with E-state index in [0.29, 0.717) is 19.0 Å². The van der Waals surface area contributed by atoms with E-state index in [2.05, 4.69) is 36.2 Å². The smallest absolute Gasteiger partial charge is 0.248 e. The molecule has 1 aliphatic heterocycles. The lowest BCUT2D eigenvalue weighted by Gasteiger charge is -2.36. The molecule has 5 heteroatoms. The third-order valence-corrected chi connectivity index (χ3v) is 5.26. The Balaban J connectivity index is 1.64. The number of hydrogen-bond acceptors (Lipinski definition) is 3. The van der Waals surface area contributed by atoms with E-state index in [0.717, 1.165) is 30.0 Å². The van der Waals surface area contributed by atoms with Crippen LogP contribution in [-0.4, -0.2) is 42.9 Å². The van der Waals surface area contributed by atoms with E-state index in [1.807, 2.05) is 47.4 Å². The van der Waals surface area contributed by atoms with E-state index in [1.54, 1.807) is 13.0 Å². The molecular weight excluding hydrogens is 362 g/mol. The van der Waals surface area contributed by atoms with Gasteiger partial charge in [-0.15, -0.1) is 0 Å². The third kappa shape index (κ3) is 5.47. The molecule has 1 saturated heterocycles. The maximum atomic E-state index is 12.5. The summed E-state index contributed by atoms with van der Waals surface area (Å²) in [5.41, 5.74) is 4.05. The van der Waals surface area contributed by atoms with E-state index in [9.17, 15) is 9.59 Å². The number of carbonyl (C=O) groups is 2. The van der Waals surface area contributed by atoms with Crippen molar-refractivity contribution in [2.45, 2.75) is 26.7 Å². The monoisotopic (exact) mass is 391 g/mol. The van der Waals surface area contributed by atoms with Crippen LogP contribution in [0.25, 0.3) is 6.08 Å². The lowest BCUT2D eigenvalue weighted by Crippen LogP contribution is -2.48. The molecule has 1 aliphatic rings. The van der Waals surface area contributed by atoms with Crippen molar-refractivity contribution in [3.63, 3.8) is 0 Å². The molecule has 0 bridgehead atoms. The Labute approximate surface area is 173 Å². The highest BCUT2D eigenvalue weighted by Crippen LogP contribution is 2.26. The maximum Gasteiger partial charge on any atom is 0.248 e. The van der Waals surface area contributed by atoms with Gasteiger partial charge in [-0.3, -0.25) is 9.59 Å². The van der Waals surface area contributed by atoms with Crippen LogP contribution in [0, 0.1) is 0 Å². The number of amides is 2. The summed E-state index contributed by atoms with van der Waals surface area (Å²) in [5, 5.41) is 2.99. The van der Waals surface area contributed by atoms with Crippen LogP contribution >= 0.6 is 0 Å². The van der Waals surface area contributed by atoms with Gasteiger partial charge in [0.2, 0.25) is 11.8 Å². The fourth-order valence-corrected chi connectivity index (χ4v) is 3.46. The number of rotatable bonds is 5. The molecule has 0 unspecified atom stereocenters. The van der Waals surface area contributed by atoms with Crippen LogP contribution in [0.2, 0.25) is 0 Å². The van der Waals surface area contributed by atoms with E-state index in [-0.39, 0.29) is 11.8 Å². The summed E-state index contributed by atoms with van der Waals surface area (Å²) >= 11 is 0. The van der Waals surface area contributed by atoms with Gasteiger partial charge in [-0.2, -0.15) is 0 Å². The molecule has 1 N–H and O–H groups in total. The van der Waals surface area contributed by atoms with Crippen molar-refractivity contribution in [1.29, 1.82) is 0 Å². The number of nitrogens with zero attached hydrogens (tertiary/aromatic N) is 2. The second kappa shape index (κ2) is 9.41. The summed E-state index contributed by atoms with van der Waals surface area (Å²) in [6, 6.07) is 16.1. The molecule has 0 aliphatic carbocycles. The molecule has 2 amide bonds. The summed E-state index contributed by atoms with van der Waals surface area (Å²) in [6.07, 6.45) is 3.39. The van der Waals surface area contributed by atoms with Crippen molar-refractivity contribution in [3.05, 3.63) is 65.7 Å². The second-order valence-corrected chi connectivity index (χ2v) is 7.65. The molecule has 2 aromatic carbocycles. The van der Waals surface area contributed by atoms with Gasteiger partial charge in [-0.05, 0) is 35.3 Å². The topological polar surface area (TPSA) is 52.7 Å². The largest absolute Gasteiger partial charge is 0.366 e. The lowest BCUT2D eigenvalue weighted by atomic mass is 10.0. The number of benzene rings is 2. The summed E-state index contributed by atoms with van der Waals surface area (Å²) in [7, 11) is 0. The molecular formula is C24H29N3O2. The van der Waals surface area contributed by atoms with Gasteiger partial charge in [-0.25, -0.2) is 0 Å². The molecule has 0 radical (unpaired) electrons. The average molecular weight is 392 g/mol. The summed E-state index contributed by atoms with van der Waals surface area (Å²) in [5.74, 6) is 0.440. The molecule has 0 aromatic heterocycles. The molecule has 2 aromatic rings. The minimum atomic E-state index is -0.159. The number of para-hydroxylation sites is 2. The van der Waals surface area contributed by atoms with Crippen LogP contribution in [0.1, 0.15) is 37.8 Å². The second-order valence-electron chi connectivity index (χ2n) is 7.65. The average Bonchev–Trinajstić information content (AvgIpc) is 2.73. The van der Waals surface area contributed by atoms with Gasteiger partial charge in [0.05, 0.1) is 11.4 Å². The Morgan fingerprint density at radius 1 is 0.966 bits per heavy atom. The minimum Gasteiger partial charge on any atom is -0.366 e. The van der Waals surface area contributed by atoms with Crippen LogP contribution in [0.5, 0.6) is 0 Å². The van der Waals surface area contributed by atoms with Crippen LogP contribution in [-0.2, 0) is 9.59 Å². The lowest BCUT2D eigenvalue weighted by molar-refractivity contribution is -0.129. The fraction of sp³-hybridized carbons (Fsp3) is 0.333. The molecule has 3 rings (SSSR count). The first-order valence-corrected chi connectivity index (χ1v) is 10.1. The van der Waals surface area contributed by atoms with Crippen molar-refractivity contribution in [2.75, 3.05) is 36.4 Å². The van der Waals surface area contributed by atoms with E-state index in [1.165, 1.54) is 5.56 Å². The first-order valence-electron chi connectivity index (χ1n) is 10.1. The van der Waals surface area contributed by atoms with Crippen LogP contribution < -0.4 is 10.2 Å². The number of nitrogens with one attached hydrogen (secondary N) is 1. The Hall–Kier alpha value is -3.08. The Morgan fingerprint density at radius 3 is 2.24 bits per heavy atom. The Kier molecular flexibility index (Phi) is 6.70. The molecule has 0 spiro atoms. The molecule has 0 atom stereocenters. The SMILES string of the molecule is CC(=O)N1CCN(c2ccccc2NC(=O)/C=C/c2ccc(C(C)C)cc2)CC1. The quantitative estimate of drug-likeness (QED) is 0.780. The van der Waals surface area contributed by atoms with E-state index in [4.69, 9.17) is 0 Å². The van der Waals surface area contributed by atoms with Gasteiger partial charge < -0.3 is 15.1 Å². The van der Waals surface area contributed by atoms with Gasteiger partial charge in [0, 0.05) is 39.2 Å². The van der Waals surface area contributed by atoms with E-state index >= 15 is 0 Å². The van der Waals surface area contributed by atoms with Gasteiger partial charge in [0.1, 0.15) is 0 Å². The van der Waals surface area contributed by atoms with Crippen molar-refractivity contribution in [2.24, 2.45) is 0 Å². The molecule has 29 heavy (non-hydrogen) atoms. The number of piperazine rings is 1. The standard InChI is InChI=1S/C24H29N3O2/c1-18(2)21-11-8-20(9-12-21)10-13-24(29)25-22-6-4-5-7-23(22)27-16-14-26(15-17-27)19(3)28/h4-13,18H,14-17H2,1-3H3,(H,25,29)/b13-10+. The van der Waals surface area contributed by atoms with Crippen molar-refractivity contribution >= 4 is 29.3 Å². The number of anilines is 2. The normalized spacial score (nSPS) is 14.5. The first-order chi connectivity index (χ1) is 13.9. The summed E-state index contributed by atoms with van der Waals surface area (Å²) < 4.78 is 0. The predicted molar refractivity (Wildman–Crippen MR) is 119 cm³/mol. The highest BCUT2D eigenvalue weighted by molar-refractivity contribution is 6.03.